The van der Waals surface area contributed by atoms with Gasteiger partial charge in [0.2, 0.25) is 0 Å². The van der Waals surface area contributed by atoms with Crippen LogP contribution in [0.1, 0.15) is 23.8 Å². The van der Waals surface area contributed by atoms with E-state index in [9.17, 15) is 9.59 Å². The minimum Gasteiger partial charge on any atom is -0.497 e. The second kappa shape index (κ2) is 7.59. The molecule has 0 saturated carbocycles. The summed E-state index contributed by atoms with van der Waals surface area (Å²) in [6.45, 7) is 3.02. The molecule has 0 bridgehead atoms. The Morgan fingerprint density at radius 1 is 1.15 bits per heavy atom. The first-order valence-corrected chi connectivity index (χ1v) is 8.60. The third-order valence-corrected chi connectivity index (χ3v) is 4.84. The number of hydrogen-bond acceptors (Lipinski definition) is 5. The highest BCUT2D eigenvalue weighted by Gasteiger charge is 2.34. The van der Waals surface area contributed by atoms with E-state index in [-0.39, 0.29) is 23.7 Å². The Hall–Kier alpha value is -2.83. The van der Waals surface area contributed by atoms with Crippen LogP contribution >= 0.6 is 0 Å². The number of nitrogens with zero attached hydrogens (tertiary/aromatic N) is 3. The highest BCUT2D eigenvalue weighted by Crippen LogP contribution is 2.25. The molecule has 0 unspecified atom stereocenters. The van der Waals surface area contributed by atoms with Crippen molar-refractivity contribution in [3.05, 3.63) is 42.2 Å². The third kappa shape index (κ3) is 3.56. The van der Waals surface area contributed by atoms with Crippen LogP contribution in [0.4, 0.5) is 0 Å². The van der Waals surface area contributed by atoms with E-state index < -0.39 is 0 Å². The van der Waals surface area contributed by atoms with E-state index >= 15 is 0 Å². The number of methoxy groups -OCH3 is 2. The molecule has 0 N–H and O–H groups in total. The summed E-state index contributed by atoms with van der Waals surface area (Å²) in [5.74, 6) is 0.352. The molecule has 0 radical (unpaired) electrons. The SMILES string of the molecule is COC(=O)[C@H]1CCN(C(=O)c2ccn(-c3ccc(OC)cc3)n2)C[C@H]1C. The highest BCUT2D eigenvalue weighted by atomic mass is 16.5. The van der Waals surface area contributed by atoms with Crippen molar-refractivity contribution in [3.63, 3.8) is 0 Å². The standard InChI is InChI=1S/C19H23N3O4/c1-13-12-21(10-8-16(13)19(24)26-3)18(23)17-9-11-22(20-17)14-4-6-15(25-2)7-5-14/h4-7,9,11,13,16H,8,10,12H2,1-3H3/t13-,16+/m1/s1. The van der Waals surface area contributed by atoms with Gasteiger partial charge in [0.15, 0.2) is 5.69 Å². The van der Waals surface area contributed by atoms with Gasteiger partial charge in [-0.2, -0.15) is 5.10 Å². The molecular formula is C19H23N3O4. The molecule has 1 aliphatic rings. The van der Waals surface area contributed by atoms with Gasteiger partial charge in [0.05, 0.1) is 25.8 Å². The van der Waals surface area contributed by atoms with Crippen LogP contribution in [-0.4, -0.2) is 53.9 Å². The lowest BCUT2D eigenvalue weighted by Gasteiger charge is -2.35. The van der Waals surface area contributed by atoms with Crippen molar-refractivity contribution in [1.82, 2.24) is 14.7 Å². The summed E-state index contributed by atoms with van der Waals surface area (Å²) in [7, 11) is 3.02. The first kappa shape index (κ1) is 18.0. The average molecular weight is 357 g/mol. The maximum absolute atomic E-state index is 12.8. The van der Waals surface area contributed by atoms with E-state index in [1.54, 1.807) is 29.0 Å². The van der Waals surface area contributed by atoms with E-state index in [0.29, 0.717) is 25.2 Å². The maximum Gasteiger partial charge on any atom is 0.309 e. The fourth-order valence-electron chi connectivity index (χ4n) is 3.31. The number of carbonyl (C=O) groups excluding carboxylic acids is 2. The summed E-state index contributed by atoms with van der Waals surface area (Å²) in [6, 6.07) is 9.16. The Balaban J connectivity index is 1.69. The molecule has 1 aromatic heterocycles. The number of benzene rings is 1. The van der Waals surface area contributed by atoms with Crippen LogP contribution < -0.4 is 4.74 Å². The fourth-order valence-corrected chi connectivity index (χ4v) is 3.31. The summed E-state index contributed by atoms with van der Waals surface area (Å²) < 4.78 is 11.7. The van der Waals surface area contributed by atoms with Gasteiger partial charge >= 0.3 is 5.97 Å². The molecule has 2 atom stereocenters. The van der Waals surface area contributed by atoms with E-state index in [4.69, 9.17) is 9.47 Å². The van der Waals surface area contributed by atoms with Crippen LogP contribution in [0.15, 0.2) is 36.5 Å². The summed E-state index contributed by atoms with van der Waals surface area (Å²) in [5, 5.41) is 4.40. The number of hydrogen-bond donors (Lipinski definition) is 0. The number of aromatic nitrogens is 2. The molecule has 2 heterocycles. The normalized spacial score (nSPS) is 19.9. The molecule has 2 aromatic rings. The first-order chi connectivity index (χ1) is 12.5. The topological polar surface area (TPSA) is 73.7 Å². The monoisotopic (exact) mass is 357 g/mol. The molecule has 26 heavy (non-hydrogen) atoms. The first-order valence-electron chi connectivity index (χ1n) is 8.60. The number of rotatable bonds is 4. The molecular weight excluding hydrogens is 334 g/mol. The van der Waals surface area contributed by atoms with E-state index in [1.807, 2.05) is 31.2 Å². The van der Waals surface area contributed by atoms with Crippen LogP contribution in [0, 0.1) is 11.8 Å². The summed E-state index contributed by atoms with van der Waals surface area (Å²) in [5.41, 5.74) is 1.24. The lowest BCUT2D eigenvalue weighted by atomic mass is 9.87. The van der Waals surface area contributed by atoms with Crippen molar-refractivity contribution in [2.45, 2.75) is 13.3 Å². The van der Waals surface area contributed by atoms with Gasteiger partial charge in [0.1, 0.15) is 5.75 Å². The van der Waals surface area contributed by atoms with Gasteiger partial charge < -0.3 is 14.4 Å². The Morgan fingerprint density at radius 3 is 2.50 bits per heavy atom. The van der Waals surface area contributed by atoms with Gasteiger partial charge in [-0.1, -0.05) is 6.92 Å². The average Bonchev–Trinajstić information content (AvgIpc) is 3.17. The van der Waals surface area contributed by atoms with Gasteiger partial charge in [0.25, 0.3) is 5.91 Å². The van der Waals surface area contributed by atoms with Gasteiger partial charge in [-0.3, -0.25) is 9.59 Å². The molecule has 1 fully saturated rings. The number of esters is 1. The zero-order valence-corrected chi connectivity index (χ0v) is 15.2. The predicted molar refractivity (Wildman–Crippen MR) is 95.3 cm³/mol. The summed E-state index contributed by atoms with van der Waals surface area (Å²) in [6.07, 6.45) is 2.37. The molecule has 7 nitrogen and oxygen atoms in total. The van der Waals surface area contributed by atoms with Crippen molar-refractivity contribution in [3.8, 4) is 11.4 Å². The highest BCUT2D eigenvalue weighted by molar-refractivity contribution is 5.92. The molecule has 138 valence electrons. The van der Waals surface area contributed by atoms with Gasteiger partial charge in [-0.15, -0.1) is 0 Å². The number of ether oxygens (including phenoxy) is 2. The minimum atomic E-state index is -0.201. The zero-order chi connectivity index (χ0) is 18.7. The van der Waals surface area contributed by atoms with Crippen molar-refractivity contribution in [1.29, 1.82) is 0 Å². The number of amides is 1. The molecule has 1 amide bonds. The number of likely N-dealkylation sites (tertiary alicyclic amines) is 1. The zero-order valence-electron chi connectivity index (χ0n) is 15.2. The minimum absolute atomic E-state index is 0.0591. The smallest absolute Gasteiger partial charge is 0.309 e. The summed E-state index contributed by atoms with van der Waals surface area (Å²) in [4.78, 5) is 26.3. The van der Waals surface area contributed by atoms with Crippen molar-refractivity contribution < 1.29 is 19.1 Å². The van der Waals surface area contributed by atoms with Crippen molar-refractivity contribution in [2.24, 2.45) is 11.8 Å². The van der Waals surface area contributed by atoms with E-state index in [1.165, 1.54) is 7.11 Å². The molecule has 1 aromatic carbocycles. The van der Waals surface area contributed by atoms with Crippen molar-refractivity contribution >= 4 is 11.9 Å². The lowest BCUT2D eigenvalue weighted by molar-refractivity contribution is -0.148. The Bertz CT molecular complexity index is 784. The van der Waals surface area contributed by atoms with Crippen LogP contribution in [0.25, 0.3) is 5.69 Å². The predicted octanol–water partition coefficient (Wildman–Crippen LogP) is 2.15. The molecule has 3 rings (SSSR count). The second-order valence-electron chi connectivity index (χ2n) is 6.49. The third-order valence-electron chi connectivity index (χ3n) is 4.84. The molecule has 1 aliphatic heterocycles. The number of carbonyl (C=O) groups is 2. The Labute approximate surface area is 152 Å². The van der Waals surface area contributed by atoms with E-state index in [0.717, 1.165) is 11.4 Å². The van der Waals surface area contributed by atoms with Crippen LogP contribution in [0.5, 0.6) is 5.75 Å². The second-order valence-corrected chi connectivity index (χ2v) is 6.49. The van der Waals surface area contributed by atoms with Crippen LogP contribution in [0.2, 0.25) is 0 Å². The van der Waals surface area contributed by atoms with E-state index in [2.05, 4.69) is 5.10 Å². The maximum atomic E-state index is 12.8. The Morgan fingerprint density at radius 2 is 1.88 bits per heavy atom. The van der Waals surface area contributed by atoms with Gasteiger partial charge in [-0.05, 0) is 42.7 Å². The molecule has 7 heteroatoms. The van der Waals surface area contributed by atoms with Crippen LogP contribution in [-0.2, 0) is 9.53 Å². The molecule has 1 saturated heterocycles. The number of piperidine rings is 1. The van der Waals surface area contributed by atoms with Crippen molar-refractivity contribution in [2.75, 3.05) is 27.3 Å². The van der Waals surface area contributed by atoms with Gasteiger partial charge in [-0.25, -0.2) is 4.68 Å². The molecule has 0 spiro atoms. The summed E-state index contributed by atoms with van der Waals surface area (Å²) >= 11 is 0. The van der Waals surface area contributed by atoms with Crippen LogP contribution in [0.3, 0.4) is 0 Å². The quantitative estimate of drug-likeness (QED) is 0.784. The Kier molecular flexibility index (Phi) is 5.25. The lowest BCUT2D eigenvalue weighted by Crippen LogP contribution is -2.45. The largest absolute Gasteiger partial charge is 0.497 e. The van der Waals surface area contributed by atoms with Gasteiger partial charge in [0, 0.05) is 19.3 Å². The fraction of sp³-hybridized carbons (Fsp3) is 0.421. The molecule has 0 aliphatic carbocycles.